The molecule has 1 aliphatic carbocycles. The van der Waals surface area contributed by atoms with E-state index in [1.807, 2.05) is 13.8 Å². The van der Waals surface area contributed by atoms with Crippen molar-refractivity contribution in [1.29, 1.82) is 0 Å². The fraction of sp³-hybridized carbons (Fsp3) is 0.833. The first-order valence-electron chi connectivity index (χ1n) is 12.7. The van der Waals surface area contributed by atoms with Crippen molar-refractivity contribution in [3.05, 3.63) is 0 Å². The van der Waals surface area contributed by atoms with Crippen LogP contribution in [0.5, 0.6) is 0 Å². The third-order valence-electron chi connectivity index (χ3n) is 8.21. The molecule has 36 heavy (non-hydrogen) atoms. The summed E-state index contributed by atoms with van der Waals surface area (Å²) in [7, 11) is 0. The van der Waals surface area contributed by atoms with E-state index in [2.05, 4.69) is 12.2 Å². The van der Waals surface area contributed by atoms with Crippen LogP contribution in [0.2, 0.25) is 0 Å². The van der Waals surface area contributed by atoms with Crippen molar-refractivity contribution in [3.63, 3.8) is 0 Å². The van der Waals surface area contributed by atoms with E-state index >= 15 is 0 Å². The quantitative estimate of drug-likeness (QED) is 0.302. The molecule has 4 N–H and O–H groups in total. The highest BCUT2D eigenvalue weighted by Gasteiger charge is 2.69. The molecule has 9 atom stereocenters. The second kappa shape index (κ2) is 10.2. The topological polar surface area (TPSA) is 173 Å². The van der Waals surface area contributed by atoms with E-state index in [-0.39, 0.29) is 43.4 Å². The van der Waals surface area contributed by atoms with Gasteiger partial charge in [-0.25, -0.2) is 14.6 Å². The molecular formula is C24H36N2O10. The molecule has 2 amide bonds. The van der Waals surface area contributed by atoms with Gasteiger partial charge in [0.2, 0.25) is 23.9 Å². The summed E-state index contributed by atoms with van der Waals surface area (Å²) in [4.78, 5) is 58.9. The number of amides is 2. The van der Waals surface area contributed by atoms with Gasteiger partial charge < -0.3 is 30.4 Å². The fourth-order valence-corrected chi connectivity index (χ4v) is 6.22. The number of ether oxygens (including phenoxy) is 3. The van der Waals surface area contributed by atoms with Crippen LogP contribution in [0.25, 0.3) is 0 Å². The van der Waals surface area contributed by atoms with Crippen LogP contribution in [-0.2, 0) is 43.2 Å². The molecule has 4 aliphatic heterocycles. The number of nitrogens with two attached hydrogens (primary N) is 1. The van der Waals surface area contributed by atoms with Crippen LogP contribution in [0.4, 0.5) is 0 Å². The van der Waals surface area contributed by atoms with Crippen LogP contribution >= 0.6 is 0 Å². The summed E-state index contributed by atoms with van der Waals surface area (Å²) in [5, 5.41) is 11.5. The first kappa shape index (κ1) is 26.8. The molecule has 1 saturated carbocycles. The Morgan fingerprint density at radius 3 is 2.53 bits per heavy atom. The number of carboxylic acid groups (broad SMARTS) is 1. The van der Waals surface area contributed by atoms with Gasteiger partial charge >= 0.3 is 11.9 Å². The van der Waals surface area contributed by atoms with Crippen molar-refractivity contribution in [2.75, 3.05) is 0 Å². The maximum absolute atomic E-state index is 12.6. The van der Waals surface area contributed by atoms with Crippen molar-refractivity contribution >= 4 is 23.8 Å². The number of esters is 1. The fourth-order valence-electron chi connectivity index (χ4n) is 6.22. The number of carbonyl (C=O) groups excluding carboxylic acids is 3. The average Bonchev–Trinajstić information content (AvgIpc) is 3.04. The van der Waals surface area contributed by atoms with Crippen molar-refractivity contribution in [1.82, 2.24) is 5.32 Å². The molecule has 1 spiro atoms. The van der Waals surface area contributed by atoms with Crippen LogP contribution in [0.15, 0.2) is 0 Å². The van der Waals surface area contributed by atoms with Crippen molar-refractivity contribution in [2.24, 2.45) is 29.4 Å². The number of carbonyl (C=O) groups is 4. The van der Waals surface area contributed by atoms with Crippen molar-refractivity contribution in [2.45, 2.75) is 102 Å². The Balaban J connectivity index is 1.36. The average molecular weight is 513 g/mol. The van der Waals surface area contributed by atoms with Gasteiger partial charge in [-0.15, -0.1) is 0 Å². The minimum atomic E-state index is -1.29. The first-order valence-corrected chi connectivity index (χ1v) is 12.7. The number of nitrogens with one attached hydrogen (secondary N) is 1. The van der Waals surface area contributed by atoms with E-state index in [4.69, 9.17) is 29.7 Å². The van der Waals surface area contributed by atoms with E-state index in [9.17, 15) is 24.3 Å². The lowest BCUT2D eigenvalue weighted by Crippen LogP contribution is -2.70. The zero-order chi connectivity index (χ0) is 26.3. The molecule has 2 bridgehead atoms. The Morgan fingerprint density at radius 1 is 1.08 bits per heavy atom. The highest BCUT2D eigenvalue weighted by atomic mass is 17.3. The maximum Gasteiger partial charge on any atom is 0.326 e. The minimum Gasteiger partial charge on any atom is -0.480 e. The molecule has 12 nitrogen and oxygen atoms in total. The summed E-state index contributed by atoms with van der Waals surface area (Å²) in [5.74, 6) is -3.82. The molecule has 0 unspecified atom stereocenters. The monoisotopic (exact) mass is 512 g/mol. The Morgan fingerprint density at radius 2 is 1.83 bits per heavy atom. The molecule has 5 fully saturated rings. The molecule has 12 heteroatoms. The van der Waals surface area contributed by atoms with Gasteiger partial charge in [-0.05, 0) is 44.4 Å². The lowest BCUT2D eigenvalue weighted by molar-refractivity contribution is -0.576. The number of primary amides is 1. The number of hydrogen-bond acceptors (Lipinski definition) is 9. The van der Waals surface area contributed by atoms with Crippen LogP contribution in [0.3, 0.4) is 0 Å². The van der Waals surface area contributed by atoms with Crippen molar-refractivity contribution in [3.8, 4) is 0 Å². The van der Waals surface area contributed by atoms with Gasteiger partial charge in [-0.2, -0.15) is 0 Å². The second-order valence-corrected chi connectivity index (χ2v) is 10.7. The van der Waals surface area contributed by atoms with E-state index in [0.717, 1.165) is 19.3 Å². The zero-order valence-electron chi connectivity index (χ0n) is 20.9. The molecule has 0 aromatic rings. The minimum absolute atomic E-state index is 0.0113. The van der Waals surface area contributed by atoms with E-state index in [0.29, 0.717) is 12.3 Å². The summed E-state index contributed by atoms with van der Waals surface area (Å²) < 4.78 is 18.1. The number of aliphatic carboxylic acids is 1. The van der Waals surface area contributed by atoms with E-state index < -0.39 is 53.8 Å². The van der Waals surface area contributed by atoms with Gasteiger partial charge in [-0.3, -0.25) is 14.4 Å². The third kappa shape index (κ3) is 5.09. The number of fused-ring (bicyclic) bond motifs is 2. The summed E-state index contributed by atoms with van der Waals surface area (Å²) in [6.45, 7) is 5.97. The van der Waals surface area contributed by atoms with Gasteiger partial charge in [0.15, 0.2) is 11.9 Å². The van der Waals surface area contributed by atoms with Gasteiger partial charge in [-0.1, -0.05) is 13.8 Å². The van der Waals surface area contributed by atoms with Crippen LogP contribution in [-0.4, -0.2) is 58.9 Å². The molecule has 202 valence electrons. The first-order chi connectivity index (χ1) is 16.9. The van der Waals surface area contributed by atoms with Crippen LogP contribution < -0.4 is 11.1 Å². The standard InChI is InChI=1S/C24H36N2O10/c1-12-4-5-15-13(2)21(33-22-24(15)14(12)10-11-23(3,34-22)35-36-24)32-19(29)9-8-18(28)26-16(20(30)31)6-7-17(25)27/h12-16,21-22H,4-11H2,1-3H3,(H2,25,27)(H,26,28)(H,30,31)/t12-,13-,14+,15+,16-,21-,22-,23+,24-/m1/s1. The predicted molar refractivity (Wildman–Crippen MR) is 120 cm³/mol. The zero-order valence-corrected chi connectivity index (χ0v) is 20.9. The molecular weight excluding hydrogens is 476 g/mol. The molecule has 0 aromatic heterocycles. The Hall–Kier alpha value is -2.28. The lowest BCUT2D eigenvalue weighted by atomic mass is 9.58. The summed E-state index contributed by atoms with van der Waals surface area (Å²) in [5.41, 5.74) is 4.27. The normalized spacial score (nSPS) is 39.9. The molecule has 5 rings (SSSR count). The Kier molecular flexibility index (Phi) is 7.61. The molecule has 4 saturated heterocycles. The number of rotatable bonds is 9. The van der Waals surface area contributed by atoms with Gasteiger partial charge in [0.25, 0.3) is 0 Å². The Bertz CT molecular complexity index is 898. The lowest BCUT2D eigenvalue weighted by Gasteiger charge is -2.59. The molecule has 5 aliphatic rings. The third-order valence-corrected chi connectivity index (χ3v) is 8.21. The molecule has 0 aromatic carbocycles. The molecule has 4 heterocycles. The largest absolute Gasteiger partial charge is 0.480 e. The van der Waals surface area contributed by atoms with E-state index in [1.165, 1.54) is 0 Å². The SMILES string of the molecule is C[C@H]1[C@H](OC(=O)CCC(=O)N[C@H](CCC(N)=O)C(=O)O)O[C@@H]2O[C@]3(C)CC[C@H]4[C@H](C)CC[C@@H]1[C@@]24OO3. The van der Waals surface area contributed by atoms with Gasteiger partial charge in [0.05, 0.1) is 6.42 Å². The predicted octanol–water partition coefficient (Wildman–Crippen LogP) is 1.35. The van der Waals surface area contributed by atoms with Gasteiger partial charge in [0.1, 0.15) is 6.04 Å². The smallest absolute Gasteiger partial charge is 0.326 e. The highest BCUT2D eigenvalue weighted by Crippen LogP contribution is 2.60. The highest BCUT2D eigenvalue weighted by molar-refractivity contribution is 5.86. The second-order valence-electron chi connectivity index (χ2n) is 10.7. The van der Waals surface area contributed by atoms with Crippen LogP contribution in [0, 0.1) is 23.7 Å². The summed E-state index contributed by atoms with van der Waals surface area (Å²) in [6.07, 6.45) is 0.910. The van der Waals surface area contributed by atoms with E-state index in [1.54, 1.807) is 0 Å². The molecule has 0 radical (unpaired) electrons. The maximum atomic E-state index is 12.6. The summed E-state index contributed by atoms with van der Waals surface area (Å²) in [6, 6.07) is -1.27. The Labute approximate surface area is 209 Å². The number of hydrogen-bond donors (Lipinski definition) is 3. The van der Waals surface area contributed by atoms with Gasteiger partial charge in [0, 0.05) is 31.1 Å². The number of carboxylic acids is 1. The van der Waals surface area contributed by atoms with Crippen molar-refractivity contribution < 1.29 is 48.3 Å². The van der Waals surface area contributed by atoms with Crippen LogP contribution in [0.1, 0.15) is 72.1 Å². The summed E-state index contributed by atoms with van der Waals surface area (Å²) >= 11 is 0.